The van der Waals surface area contributed by atoms with Gasteiger partial charge in [-0.15, -0.1) is 0 Å². The number of fused-ring (bicyclic) bond motifs is 1. The van der Waals surface area contributed by atoms with Gasteiger partial charge in [0.05, 0.1) is 24.2 Å². The van der Waals surface area contributed by atoms with Gasteiger partial charge in [-0.05, 0) is 36.8 Å². The first kappa shape index (κ1) is 19.2. The molecule has 0 radical (unpaired) electrons. The highest BCUT2D eigenvalue weighted by Gasteiger charge is 2.29. The smallest absolute Gasteiger partial charge is 0.262 e. The van der Waals surface area contributed by atoms with E-state index in [1.54, 1.807) is 55.6 Å². The van der Waals surface area contributed by atoms with E-state index in [1.165, 1.54) is 10.8 Å². The van der Waals surface area contributed by atoms with E-state index in [1.807, 2.05) is 0 Å². The lowest BCUT2D eigenvalue weighted by molar-refractivity contribution is 0.0942. The van der Waals surface area contributed by atoms with Crippen LogP contribution in [0.4, 0.5) is 0 Å². The number of carbonyl (C=O) groups is 1. The molecule has 0 aliphatic carbocycles. The highest BCUT2D eigenvalue weighted by Crippen LogP contribution is 2.20. The standard InChI is InChI=1S/C21H20N2O5S/c1-28-16-8-6-15(7-9-16)23-12-19(17-4-2-3-5-18(17)21(23)25)20(24)22-14-10-11-29(26,27)13-14/h2-9,12,14H,10-11,13H2,1H3,(H,22,24). The number of nitrogens with one attached hydrogen (secondary N) is 1. The monoisotopic (exact) mass is 412 g/mol. The first-order chi connectivity index (χ1) is 13.9. The Kier molecular flexibility index (Phi) is 4.87. The third kappa shape index (κ3) is 3.75. The highest BCUT2D eigenvalue weighted by molar-refractivity contribution is 7.91. The average Bonchev–Trinajstić information content (AvgIpc) is 3.06. The summed E-state index contributed by atoms with van der Waals surface area (Å²) in [7, 11) is -1.55. The van der Waals surface area contributed by atoms with E-state index < -0.39 is 21.8 Å². The van der Waals surface area contributed by atoms with Crippen LogP contribution in [-0.4, -0.2) is 43.5 Å². The van der Waals surface area contributed by atoms with Crippen molar-refractivity contribution in [3.8, 4) is 11.4 Å². The number of hydrogen-bond donors (Lipinski definition) is 1. The number of methoxy groups -OCH3 is 1. The van der Waals surface area contributed by atoms with Gasteiger partial charge in [-0.1, -0.05) is 18.2 Å². The van der Waals surface area contributed by atoms with Crippen LogP contribution >= 0.6 is 0 Å². The summed E-state index contributed by atoms with van der Waals surface area (Å²) >= 11 is 0. The highest BCUT2D eigenvalue weighted by atomic mass is 32.2. The Morgan fingerprint density at radius 3 is 2.41 bits per heavy atom. The van der Waals surface area contributed by atoms with Crippen LogP contribution in [0.3, 0.4) is 0 Å². The number of sulfone groups is 1. The SMILES string of the molecule is COc1ccc(-n2cc(C(=O)NC3CCS(=O)(=O)C3)c3ccccc3c2=O)cc1. The number of hydrogen-bond acceptors (Lipinski definition) is 5. The predicted octanol–water partition coefficient (Wildman–Crippen LogP) is 1.92. The second-order valence-electron chi connectivity index (χ2n) is 7.03. The summed E-state index contributed by atoms with van der Waals surface area (Å²) in [5.41, 5.74) is 0.671. The Balaban J connectivity index is 1.79. The summed E-state index contributed by atoms with van der Waals surface area (Å²) in [6.45, 7) is 0. The molecule has 8 heteroatoms. The number of rotatable bonds is 4. The molecule has 7 nitrogen and oxygen atoms in total. The zero-order chi connectivity index (χ0) is 20.6. The van der Waals surface area contributed by atoms with Gasteiger partial charge in [-0.2, -0.15) is 0 Å². The summed E-state index contributed by atoms with van der Waals surface area (Å²) < 4.78 is 30.0. The molecule has 1 amide bonds. The molecule has 1 fully saturated rings. The molecule has 1 atom stereocenters. The minimum atomic E-state index is -3.11. The Morgan fingerprint density at radius 2 is 1.79 bits per heavy atom. The number of nitrogens with zero attached hydrogens (tertiary/aromatic N) is 1. The van der Waals surface area contributed by atoms with Crippen molar-refractivity contribution in [3.05, 3.63) is 70.6 Å². The van der Waals surface area contributed by atoms with Crippen LogP contribution in [0.25, 0.3) is 16.5 Å². The zero-order valence-corrected chi connectivity index (χ0v) is 16.6. The zero-order valence-electron chi connectivity index (χ0n) is 15.8. The third-order valence-electron chi connectivity index (χ3n) is 5.09. The molecule has 4 rings (SSSR count). The molecule has 2 aromatic carbocycles. The predicted molar refractivity (Wildman–Crippen MR) is 111 cm³/mol. The third-order valence-corrected chi connectivity index (χ3v) is 6.86. The molecule has 0 spiro atoms. The maximum atomic E-state index is 13.0. The van der Waals surface area contributed by atoms with Gasteiger partial charge in [0.2, 0.25) is 0 Å². The normalized spacial score (nSPS) is 17.9. The van der Waals surface area contributed by atoms with Crippen molar-refractivity contribution in [1.82, 2.24) is 9.88 Å². The fourth-order valence-corrected chi connectivity index (χ4v) is 5.25. The minimum Gasteiger partial charge on any atom is -0.497 e. The molecular formula is C21H20N2O5S. The molecule has 2 heterocycles. The van der Waals surface area contributed by atoms with Crippen LogP contribution in [-0.2, 0) is 9.84 Å². The number of benzene rings is 2. The molecular weight excluding hydrogens is 392 g/mol. The lowest BCUT2D eigenvalue weighted by atomic mass is 10.1. The van der Waals surface area contributed by atoms with Crippen molar-refractivity contribution in [2.24, 2.45) is 0 Å². The summed E-state index contributed by atoms with van der Waals surface area (Å²) in [6.07, 6.45) is 1.90. The van der Waals surface area contributed by atoms with Crippen molar-refractivity contribution in [2.75, 3.05) is 18.6 Å². The molecule has 150 valence electrons. The first-order valence-electron chi connectivity index (χ1n) is 9.18. The maximum Gasteiger partial charge on any atom is 0.262 e. The molecule has 1 aromatic heterocycles. The van der Waals surface area contributed by atoms with Crippen LogP contribution in [0.2, 0.25) is 0 Å². The Labute approximate surface area is 167 Å². The lowest BCUT2D eigenvalue weighted by Gasteiger charge is -2.15. The Morgan fingerprint density at radius 1 is 1.10 bits per heavy atom. The number of pyridine rings is 1. The Bertz CT molecular complexity index is 1250. The van der Waals surface area contributed by atoms with Gasteiger partial charge in [-0.25, -0.2) is 8.42 Å². The van der Waals surface area contributed by atoms with Crippen molar-refractivity contribution in [1.29, 1.82) is 0 Å². The van der Waals surface area contributed by atoms with Crippen molar-refractivity contribution in [3.63, 3.8) is 0 Å². The molecule has 1 unspecified atom stereocenters. The van der Waals surface area contributed by atoms with Gasteiger partial charge in [0.1, 0.15) is 5.75 Å². The van der Waals surface area contributed by atoms with E-state index in [-0.39, 0.29) is 17.1 Å². The van der Waals surface area contributed by atoms with Crippen molar-refractivity contribution >= 4 is 26.5 Å². The van der Waals surface area contributed by atoms with E-state index >= 15 is 0 Å². The van der Waals surface area contributed by atoms with Crippen LogP contribution in [0, 0.1) is 0 Å². The van der Waals surface area contributed by atoms with Gasteiger partial charge >= 0.3 is 0 Å². The molecule has 1 aliphatic heterocycles. The van der Waals surface area contributed by atoms with E-state index in [2.05, 4.69) is 5.32 Å². The summed E-state index contributed by atoms with van der Waals surface area (Å²) in [6, 6.07) is 13.4. The van der Waals surface area contributed by atoms with Crippen molar-refractivity contribution < 1.29 is 17.9 Å². The average molecular weight is 412 g/mol. The molecule has 0 saturated carbocycles. The van der Waals surface area contributed by atoms with E-state index in [0.717, 1.165) is 0 Å². The van der Waals surface area contributed by atoms with E-state index in [9.17, 15) is 18.0 Å². The quantitative estimate of drug-likeness (QED) is 0.707. The Hall–Kier alpha value is -3.13. The molecule has 1 aliphatic rings. The molecule has 1 N–H and O–H groups in total. The van der Waals surface area contributed by atoms with Crippen LogP contribution in [0.15, 0.2) is 59.5 Å². The van der Waals surface area contributed by atoms with Gasteiger partial charge in [0.25, 0.3) is 11.5 Å². The van der Waals surface area contributed by atoms with E-state index in [0.29, 0.717) is 34.2 Å². The number of ether oxygens (including phenoxy) is 1. The minimum absolute atomic E-state index is 0.0607. The van der Waals surface area contributed by atoms with Crippen molar-refractivity contribution in [2.45, 2.75) is 12.5 Å². The largest absolute Gasteiger partial charge is 0.497 e. The molecule has 29 heavy (non-hydrogen) atoms. The number of amides is 1. The fraction of sp³-hybridized carbons (Fsp3) is 0.238. The second kappa shape index (κ2) is 7.36. The summed E-state index contributed by atoms with van der Waals surface area (Å²) in [5, 5.41) is 3.75. The van der Waals surface area contributed by atoms with Crippen LogP contribution < -0.4 is 15.6 Å². The fourth-order valence-electron chi connectivity index (χ4n) is 3.58. The van der Waals surface area contributed by atoms with Gasteiger partial charge < -0.3 is 10.1 Å². The summed E-state index contributed by atoms with van der Waals surface area (Å²) in [5.74, 6) is 0.271. The molecule has 3 aromatic rings. The molecule has 1 saturated heterocycles. The maximum absolute atomic E-state index is 13.0. The molecule has 0 bridgehead atoms. The summed E-state index contributed by atoms with van der Waals surface area (Å²) in [4.78, 5) is 26.0. The van der Waals surface area contributed by atoms with Crippen LogP contribution in [0.1, 0.15) is 16.8 Å². The van der Waals surface area contributed by atoms with Crippen LogP contribution in [0.5, 0.6) is 5.75 Å². The van der Waals surface area contributed by atoms with Gasteiger partial charge in [0, 0.05) is 28.7 Å². The lowest BCUT2D eigenvalue weighted by Crippen LogP contribution is -2.36. The second-order valence-corrected chi connectivity index (χ2v) is 9.26. The first-order valence-corrected chi connectivity index (χ1v) is 11.0. The number of aromatic nitrogens is 1. The van der Waals surface area contributed by atoms with Gasteiger partial charge in [-0.3, -0.25) is 14.2 Å². The van der Waals surface area contributed by atoms with Gasteiger partial charge in [0.15, 0.2) is 9.84 Å². The number of carbonyl (C=O) groups excluding carboxylic acids is 1. The van der Waals surface area contributed by atoms with E-state index in [4.69, 9.17) is 4.74 Å². The topological polar surface area (TPSA) is 94.5 Å².